The van der Waals surface area contributed by atoms with E-state index in [1.807, 2.05) is 12.1 Å². The summed E-state index contributed by atoms with van der Waals surface area (Å²) in [6.07, 6.45) is 3.53. The van der Waals surface area contributed by atoms with Crippen LogP contribution in [0.25, 0.3) is 0 Å². The lowest BCUT2D eigenvalue weighted by Gasteiger charge is -2.43. The molecule has 132 valence electrons. The van der Waals surface area contributed by atoms with E-state index in [2.05, 4.69) is 43.4 Å². The third kappa shape index (κ3) is 3.02. The standard InChI is InChI=1S/C22H27NO2/c1-3-14(2)15-9-10-20-19(13-15)22-18(8-5-11-25-22)21(23-20)16-6-4-7-17(24)12-16/h4,6-7,9-10,12-14,18,21-24H,3,5,8,11H2,1-2H3/t14?,18-,21-,22-/m0/s1. The summed E-state index contributed by atoms with van der Waals surface area (Å²) in [5, 5.41) is 13.6. The van der Waals surface area contributed by atoms with Crippen LogP contribution < -0.4 is 5.32 Å². The highest BCUT2D eigenvalue weighted by Gasteiger charge is 2.40. The van der Waals surface area contributed by atoms with Crippen molar-refractivity contribution in [3.63, 3.8) is 0 Å². The highest BCUT2D eigenvalue weighted by molar-refractivity contribution is 5.59. The molecular weight excluding hydrogens is 310 g/mol. The zero-order chi connectivity index (χ0) is 17.4. The summed E-state index contributed by atoms with van der Waals surface area (Å²) in [6.45, 7) is 5.36. The Morgan fingerprint density at radius 1 is 1.24 bits per heavy atom. The van der Waals surface area contributed by atoms with Gasteiger partial charge in [0.1, 0.15) is 5.75 Å². The van der Waals surface area contributed by atoms with Gasteiger partial charge in [-0.3, -0.25) is 0 Å². The molecule has 1 unspecified atom stereocenters. The fraction of sp³-hybridized carbons (Fsp3) is 0.455. The zero-order valence-corrected chi connectivity index (χ0v) is 15.0. The first kappa shape index (κ1) is 16.5. The van der Waals surface area contributed by atoms with Crippen LogP contribution in [-0.4, -0.2) is 11.7 Å². The second kappa shape index (κ2) is 6.72. The van der Waals surface area contributed by atoms with Gasteiger partial charge in [0.05, 0.1) is 12.1 Å². The van der Waals surface area contributed by atoms with Crippen LogP contribution in [0.5, 0.6) is 5.75 Å². The number of rotatable bonds is 3. The van der Waals surface area contributed by atoms with Gasteiger partial charge < -0.3 is 15.2 Å². The predicted molar refractivity (Wildman–Crippen MR) is 101 cm³/mol. The number of hydrogen-bond donors (Lipinski definition) is 2. The van der Waals surface area contributed by atoms with Crippen LogP contribution in [0.3, 0.4) is 0 Å². The number of benzene rings is 2. The van der Waals surface area contributed by atoms with E-state index in [4.69, 9.17) is 4.74 Å². The molecule has 0 bridgehead atoms. The molecule has 2 aromatic rings. The number of hydrogen-bond acceptors (Lipinski definition) is 3. The SMILES string of the molecule is CCC(C)c1ccc2c(c1)[C@H]1OCCC[C@H]1[C@H](c1cccc(O)c1)N2. The van der Waals surface area contributed by atoms with Crippen molar-refractivity contribution in [2.75, 3.05) is 11.9 Å². The Morgan fingerprint density at radius 2 is 2.12 bits per heavy atom. The molecule has 2 aliphatic heterocycles. The van der Waals surface area contributed by atoms with Gasteiger partial charge in [0.15, 0.2) is 0 Å². The van der Waals surface area contributed by atoms with Gasteiger partial charge in [0, 0.05) is 23.8 Å². The number of fused-ring (bicyclic) bond motifs is 3. The zero-order valence-electron chi connectivity index (χ0n) is 15.0. The number of phenols is 1. The van der Waals surface area contributed by atoms with Gasteiger partial charge in [-0.15, -0.1) is 0 Å². The summed E-state index contributed by atoms with van der Waals surface area (Å²) in [5.41, 5.74) is 5.01. The first-order valence-corrected chi connectivity index (χ1v) is 9.48. The van der Waals surface area contributed by atoms with E-state index in [-0.39, 0.29) is 12.1 Å². The smallest absolute Gasteiger partial charge is 0.115 e. The third-order valence-corrected chi connectivity index (χ3v) is 5.90. The summed E-state index contributed by atoms with van der Waals surface area (Å²) in [6, 6.07) is 14.6. The number of aromatic hydroxyl groups is 1. The minimum Gasteiger partial charge on any atom is -0.508 e. The highest BCUT2D eigenvalue weighted by Crippen LogP contribution is 2.49. The Kier molecular flexibility index (Phi) is 4.43. The van der Waals surface area contributed by atoms with Crippen molar-refractivity contribution in [3.8, 4) is 5.75 Å². The summed E-state index contributed by atoms with van der Waals surface area (Å²) >= 11 is 0. The summed E-state index contributed by atoms with van der Waals surface area (Å²) in [7, 11) is 0. The lowest BCUT2D eigenvalue weighted by molar-refractivity contribution is -0.0382. The van der Waals surface area contributed by atoms with E-state index in [0.29, 0.717) is 17.6 Å². The topological polar surface area (TPSA) is 41.5 Å². The van der Waals surface area contributed by atoms with Crippen molar-refractivity contribution in [1.29, 1.82) is 0 Å². The highest BCUT2D eigenvalue weighted by atomic mass is 16.5. The quantitative estimate of drug-likeness (QED) is 0.772. The summed E-state index contributed by atoms with van der Waals surface area (Å²) in [5.74, 6) is 1.29. The molecule has 3 heteroatoms. The predicted octanol–water partition coefficient (Wildman–Crippen LogP) is 5.54. The maximum absolute atomic E-state index is 9.90. The third-order valence-electron chi connectivity index (χ3n) is 5.90. The maximum Gasteiger partial charge on any atom is 0.115 e. The van der Waals surface area contributed by atoms with Crippen LogP contribution >= 0.6 is 0 Å². The van der Waals surface area contributed by atoms with Crippen molar-refractivity contribution in [2.45, 2.75) is 51.2 Å². The summed E-state index contributed by atoms with van der Waals surface area (Å²) < 4.78 is 6.26. The molecule has 2 heterocycles. The maximum atomic E-state index is 9.90. The van der Waals surface area contributed by atoms with Crippen LogP contribution in [-0.2, 0) is 4.74 Å². The van der Waals surface area contributed by atoms with Crippen LogP contribution in [0.1, 0.15) is 67.9 Å². The van der Waals surface area contributed by atoms with Crippen molar-refractivity contribution in [3.05, 3.63) is 59.2 Å². The van der Waals surface area contributed by atoms with Crippen LogP contribution in [0.4, 0.5) is 5.69 Å². The molecule has 0 spiro atoms. The number of anilines is 1. The molecule has 0 saturated carbocycles. The van der Waals surface area contributed by atoms with Gasteiger partial charge in [-0.1, -0.05) is 38.1 Å². The van der Waals surface area contributed by atoms with Gasteiger partial charge in [0.25, 0.3) is 0 Å². The van der Waals surface area contributed by atoms with Gasteiger partial charge >= 0.3 is 0 Å². The Balaban J connectivity index is 1.75. The van der Waals surface area contributed by atoms with Crippen LogP contribution in [0.2, 0.25) is 0 Å². The molecule has 0 aliphatic carbocycles. The van der Waals surface area contributed by atoms with E-state index in [9.17, 15) is 5.11 Å². The van der Waals surface area contributed by atoms with Gasteiger partial charge in [-0.05, 0) is 54.5 Å². The van der Waals surface area contributed by atoms with Gasteiger partial charge in [-0.2, -0.15) is 0 Å². The normalized spacial score (nSPS) is 26.2. The second-order valence-electron chi connectivity index (χ2n) is 7.47. The van der Waals surface area contributed by atoms with Crippen molar-refractivity contribution in [1.82, 2.24) is 0 Å². The Bertz CT molecular complexity index is 757. The Morgan fingerprint density at radius 3 is 2.92 bits per heavy atom. The molecule has 0 aromatic heterocycles. The molecular formula is C22H27NO2. The minimum atomic E-state index is 0.140. The molecule has 3 nitrogen and oxygen atoms in total. The molecule has 2 aliphatic rings. The van der Waals surface area contributed by atoms with E-state index in [1.165, 1.54) is 16.8 Å². The van der Waals surface area contributed by atoms with Crippen LogP contribution in [0.15, 0.2) is 42.5 Å². The van der Waals surface area contributed by atoms with E-state index in [0.717, 1.165) is 31.4 Å². The Labute approximate surface area is 150 Å². The average molecular weight is 337 g/mol. The molecule has 2 N–H and O–H groups in total. The first-order chi connectivity index (χ1) is 12.2. The molecule has 1 fully saturated rings. The van der Waals surface area contributed by atoms with Crippen molar-refractivity contribution >= 4 is 5.69 Å². The molecule has 25 heavy (non-hydrogen) atoms. The molecule has 1 saturated heterocycles. The largest absolute Gasteiger partial charge is 0.508 e. The van der Waals surface area contributed by atoms with Crippen molar-refractivity contribution < 1.29 is 9.84 Å². The van der Waals surface area contributed by atoms with Crippen LogP contribution in [0, 0.1) is 5.92 Å². The van der Waals surface area contributed by atoms with Gasteiger partial charge in [0.2, 0.25) is 0 Å². The minimum absolute atomic E-state index is 0.140. The number of ether oxygens (including phenoxy) is 1. The number of phenolic OH excluding ortho intramolecular Hbond substituents is 1. The lowest BCUT2D eigenvalue weighted by Crippen LogP contribution is -2.36. The number of nitrogens with one attached hydrogen (secondary N) is 1. The van der Waals surface area contributed by atoms with E-state index in [1.54, 1.807) is 6.07 Å². The molecule has 0 radical (unpaired) electrons. The van der Waals surface area contributed by atoms with Crippen molar-refractivity contribution in [2.24, 2.45) is 5.92 Å². The summed E-state index contributed by atoms with van der Waals surface area (Å²) in [4.78, 5) is 0. The fourth-order valence-electron chi connectivity index (χ4n) is 4.28. The van der Waals surface area contributed by atoms with Gasteiger partial charge in [-0.25, -0.2) is 0 Å². The average Bonchev–Trinajstić information content (AvgIpc) is 2.66. The molecule has 4 rings (SSSR count). The first-order valence-electron chi connectivity index (χ1n) is 9.48. The fourth-order valence-corrected chi connectivity index (χ4v) is 4.28. The second-order valence-corrected chi connectivity index (χ2v) is 7.47. The molecule has 4 atom stereocenters. The van der Waals surface area contributed by atoms with E-state index >= 15 is 0 Å². The monoisotopic (exact) mass is 337 g/mol. The molecule has 2 aromatic carbocycles. The van der Waals surface area contributed by atoms with E-state index < -0.39 is 0 Å². The molecule has 0 amide bonds. The Hall–Kier alpha value is -2.00. The lowest BCUT2D eigenvalue weighted by atomic mass is 9.76.